The van der Waals surface area contributed by atoms with Crippen molar-refractivity contribution in [2.45, 2.75) is 78.1 Å². The summed E-state index contributed by atoms with van der Waals surface area (Å²) in [5.74, 6) is 3.34. The minimum Gasteiger partial charge on any atom is -0.480 e. The molecular weight excluding hydrogens is 390 g/mol. The van der Waals surface area contributed by atoms with Crippen LogP contribution >= 0.6 is 0 Å². The molecule has 170 valence electrons. The highest BCUT2D eigenvalue weighted by atomic mass is 16.5. The molecule has 0 bridgehead atoms. The third-order valence-corrected chi connectivity index (χ3v) is 10.2. The van der Waals surface area contributed by atoms with E-state index >= 15 is 0 Å². The summed E-state index contributed by atoms with van der Waals surface area (Å²) < 4.78 is 6.06. The van der Waals surface area contributed by atoms with Gasteiger partial charge in [-0.1, -0.05) is 26.7 Å². The van der Waals surface area contributed by atoms with E-state index in [0.29, 0.717) is 16.1 Å². The van der Waals surface area contributed by atoms with Crippen LogP contribution in [0.4, 0.5) is 0 Å². The normalized spacial score (nSPS) is 41.7. The summed E-state index contributed by atoms with van der Waals surface area (Å²) in [6.45, 7) is 4.87. The fraction of sp³-hybridized carbons (Fsp3) is 0.769. The van der Waals surface area contributed by atoms with Crippen molar-refractivity contribution in [3.63, 3.8) is 0 Å². The molecule has 0 saturated heterocycles. The Morgan fingerprint density at radius 2 is 1.87 bits per heavy atom. The van der Waals surface area contributed by atoms with Crippen molar-refractivity contribution in [2.75, 3.05) is 6.61 Å². The lowest BCUT2D eigenvalue weighted by atomic mass is 9.45. The predicted octanol–water partition coefficient (Wildman–Crippen LogP) is 5.08. The Morgan fingerprint density at radius 3 is 2.71 bits per heavy atom. The number of carbonyl (C=O) groups excluding carboxylic acids is 1. The lowest BCUT2D eigenvalue weighted by Crippen LogP contribution is -2.53. The standard InChI is InChI=1S/C26H37NO4/c1-25-13-4-3-6-17(25)8-9-18-19-10-11-21(26(19,2)14-12-20(18)25)22(28)16-31-23-7-5-15-27(30)24(23)29/h5,7,15,17-21,30H,3-4,6,8-14,16H2,1-2H3/t17-,18-,19-,20-,21+,25-,26-/m0/s1. The van der Waals surface area contributed by atoms with Gasteiger partial charge in [0, 0.05) is 12.1 Å². The number of pyridine rings is 1. The molecule has 0 spiro atoms. The van der Waals surface area contributed by atoms with Crippen molar-refractivity contribution in [2.24, 2.45) is 40.4 Å². The maximum atomic E-state index is 13.2. The molecule has 5 heteroatoms. The average molecular weight is 428 g/mol. The highest BCUT2D eigenvalue weighted by Gasteiger charge is 2.60. The SMILES string of the molecule is C[C@]12CCCC[C@H]1CC[C@@H]1[C@@H]2CC[C@]2(C)[C@@H](C(=O)COc3cccn(O)c3=O)CC[C@@H]12. The number of aromatic nitrogens is 1. The number of ether oxygens (including phenoxy) is 1. The average Bonchev–Trinajstić information content (AvgIpc) is 3.11. The van der Waals surface area contributed by atoms with E-state index in [0.717, 1.165) is 37.0 Å². The van der Waals surface area contributed by atoms with Crippen LogP contribution in [-0.4, -0.2) is 22.3 Å². The van der Waals surface area contributed by atoms with Crippen molar-refractivity contribution in [1.82, 2.24) is 4.73 Å². The van der Waals surface area contributed by atoms with Gasteiger partial charge in [0.25, 0.3) is 0 Å². The molecule has 4 aliphatic rings. The summed E-state index contributed by atoms with van der Waals surface area (Å²) in [7, 11) is 0. The zero-order valence-corrected chi connectivity index (χ0v) is 19.0. The quantitative estimate of drug-likeness (QED) is 0.680. The van der Waals surface area contributed by atoms with Crippen LogP contribution in [-0.2, 0) is 4.79 Å². The van der Waals surface area contributed by atoms with Crippen molar-refractivity contribution in [3.05, 3.63) is 28.7 Å². The molecular formula is C26H37NO4. The molecule has 1 N–H and O–H groups in total. The summed E-state index contributed by atoms with van der Waals surface area (Å²) in [6.07, 6.45) is 14.2. The van der Waals surface area contributed by atoms with Gasteiger partial charge in [-0.25, -0.2) is 0 Å². The lowest BCUT2D eigenvalue weighted by molar-refractivity contribution is -0.137. The largest absolute Gasteiger partial charge is 0.480 e. The number of Topliss-reactive ketones (excluding diaryl/α,β-unsaturated/α-hetero) is 1. The first-order valence-corrected chi connectivity index (χ1v) is 12.4. The molecule has 5 nitrogen and oxygen atoms in total. The summed E-state index contributed by atoms with van der Waals surface area (Å²) in [5.41, 5.74) is -0.0396. The maximum Gasteiger partial charge on any atom is 0.325 e. The summed E-state index contributed by atoms with van der Waals surface area (Å²) in [5, 5.41) is 9.52. The Morgan fingerprint density at radius 1 is 1.06 bits per heavy atom. The molecule has 7 atom stereocenters. The molecule has 0 aliphatic heterocycles. The Bertz CT molecular complexity index is 909. The van der Waals surface area contributed by atoms with E-state index < -0.39 is 5.56 Å². The van der Waals surface area contributed by atoms with Gasteiger partial charge in [0.05, 0.1) is 0 Å². The number of fused-ring (bicyclic) bond motifs is 5. The van der Waals surface area contributed by atoms with Crippen LogP contribution in [0.2, 0.25) is 0 Å². The second-order valence-electron chi connectivity index (χ2n) is 11.4. The van der Waals surface area contributed by atoms with Crippen molar-refractivity contribution < 1.29 is 14.7 Å². The topological polar surface area (TPSA) is 68.5 Å². The van der Waals surface area contributed by atoms with Gasteiger partial charge >= 0.3 is 5.56 Å². The maximum absolute atomic E-state index is 13.2. The van der Waals surface area contributed by atoms with Crippen molar-refractivity contribution >= 4 is 5.78 Å². The molecule has 1 aromatic heterocycles. The summed E-state index contributed by atoms with van der Waals surface area (Å²) in [4.78, 5) is 25.2. The number of ketones is 1. The molecule has 4 fully saturated rings. The first kappa shape index (κ1) is 21.1. The molecule has 0 aromatic carbocycles. The second kappa shape index (κ2) is 7.67. The van der Waals surface area contributed by atoms with Gasteiger partial charge in [-0.05, 0) is 98.0 Å². The summed E-state index contributed by atoms with van der Waals surface area (Å²) in [6, 6.07) is 3.05. The van der Waals surface area contributed by atoms with Gasteiger partial charge in [-0.3, -0.25) is 9.59 Å². The second-order valence-corrected chi connectivity index (χ2v) is 11.4. The third kappa shape index (κ3) is 3.25. The molecule has 0 radical (unpaired) electrons. The first-order chi connectivity index (χ1) is 14.8. The number of hydrogen-bond acceptors (Lipinski definition) is 4. The van der Waals surface area contributed by atoms with Crippen LogP contribution in [0.3, 0.4) is 0 Å². The number of carbonyl (C=O) groups is 1. The van der Waals surface area contributed by atoms with Crippen molar-refractivity contribution in [3.8, 4) is 5.75 Å². The smallest absolute Gasteiger partial charge is 0.325 e. The van der Waals surface area contributed by atoms with Crippen LogP contribution in [0.5, 0.6) is 5.75 Å². The van der Waals surface area contributed by atoms with Gasteiger partial charge in [-0.15, -0.1) is 0 Å². The third-order valence-electron chi connectivity index (χ3n) is 10.2. The Labute approximate surface area is 185 Å². The predicted molar refractivity (Wildman–Crippen MR) is 118 cm³/mol. The molecule has 1 heterocycles. The van der Waals surface area contributed by atoms with Gasteiger partial charge < -0.3 is 9.94 Å². The van der Waals surface area contributed by atoms with Gasteiger partial charge in [0.15, 0.2) is 11.5 Å². The van der Waals surface area contributed by atoms with Crippen LogP contribution in [0.25, 0.3) is 0 Å². The fourth-order valence-corrected chi connectivity index (χ4v) is 8.65. The van der Waals surface area contributed by atoms with E-state index in [1.807, 2.05) is 0 Å². The molecule has 0 amide bonds. The Balaban J connectivity index is 1.30. The van der Waals surface area contributed by atoms with Crippen LogP contribution in [0, 0.1) is 40.4 Å². The van der Waals surface area contributed by atoms with E-state index in [-0.39, 0.29) is 29.5 Å². The highest BCUT2D eigenvalue weighted by Crippen LogP contribution is 2.67. The molecule has 31 heavy (non-hydrogen) atoms. The fourth-order valence-electron chi connectivity index (χ4n) is 8.65. The minimum absolute atomic E-state index is 0.0235. The number of hydrogen-bond donors (Lipinski definition) is 1. The number of rotatable bonds is 4. The highest BCUT2D eigenvalue weighted by molar-refractivity contribution is 5.83. The van der Waals surface area contributed by atoms with E-state index in [1.165, 1.54) is 63.3 Å². The molecule has 4 saturated carbocycles. The Hall–Kier alpha value is -1.78. The molecule has 1 aromatic rings. The van der Waals surface area contributed by atoms with Crippen LogP contribution < -0.4 is 10.3 Å². The first-order valence-electron chi connectivity index (χ1n) is 12.4. The zero-order valence-electron chi connectivity index (χ0n) is 19.0. The minimum atomic E-state index is -0.621. The molecule has 0 unspecified atom stereocenters. The van der Waals surface area contributed by atoms with Gasteiger partial charge in [0.2, 0.25) is 0 Å². The Kier molecular flexibility index (Phi) is 5.22. The van der Waals surface area contributed by atoms with E-state index in [9.17, 15) is 14.8 Å². The summed E-state index contributed by atoms with van der Waals surface area (Å²) >= 11 is 0. The molecule has 4 aliphatic carbocycles. The van der Waals surface area contributed by atoms with E-state index in [4.69, 9.17) is 4.74 Å². The van der Waals surface area contributed by atoms with Crippen molar-refractivity contribution in [1.29, 1.82) is 0 Å². The zero-order chi connectivity index (χ0) is 21.8. The van der Waals surface area contributed by atoms with Crippen LogP contribution in [0.1, 0.15) is 78.1 Å². The molecule has 5 rings (SSSR count). The lowest BCUT2D eigenvalue weighted by Gasteiger charge is -2.60. The van der Waals surface area contributed by atoms with E-state index in [2.05, 4.69) is 13.8 Å². The van der Waals surface area contributed by atoms with Gasteiger partial charge in [-0.2, -0.15) is 4.73 Å². The van der Waals surface area contributed by atoms with Gasteiger partial charge in [0.1, 0.15) is 6.61 Å². The van der Waals surface area contributed by atoms with E-state index in [1.54, 1.807) is 0 Å². The monoisotopic (exact) mass is 427 g/mol. The van der Waals surface area contributed by atoms with Crippen LogP contribution in [0.15, 0.2) is 23.1 Å². The number of nitrogens with zero attached hydrogens (tertiary/aromatic N) is 1.